The van der Waals surface area contributed by atoms with E-state index in [0.717, 1.165) is 12.2 Å². The molecule has 0 aromatic heterocycles. The molecule has 0 aliphatic carbocycles. The normalized spacial score (nSPS) is 12.2. The van der Waals surface area contributed by atoms with Crippen LogP contribution in [0, 0.1) is 0 Å². The van der Waals surface area contributed by atoms with Crippen LogP contribution in [0.15, 0.2) is 18.2 Å². The zero-order valence-corrected chi connectivity index (χ0v) is 11.6. The van der Waals surface area contributed by atoms with Crippen LogP contribution in [0.5, 0.6) is 0 Å². The van der Waals surface area contributed by atoms with E-state index in [2.05, 4.69) is 5.32 Å². The van der Waals surface area contributed by atoms with E-state index in [1.165, 1.54) is 0 Å². The Balaban J connectivity index is 2.70. The van der Waals surface area contributed by atoms with Gasteiger partial charge in [0.1, 0.15) is 0 Å². The molecule has 0 bridgehead atoms. The first-order chi connectivity index (χ1) is 8.06. The predicted octanol–water partition coefficient (Wildman–Crippen LogP) is 2.79. The first-order valence-electron chi connectivity index (χ1n) is 5.40. The summed E-state index contributed by atoms with van der Waals surface area (Å²) in [4.78, 5) is 12.0. The van der Waals surface area contributed by atoms with Gasteiger partial charge in [-0.1, -0.05) is 17.7 Å². The maximum atomic E-state index is 12.0. The molecule has 17 heavy (non-hydrogen) atoms. The quantitative estimate of drug-likeness (QED) is 0.811. The Kier molecular flexibility index (Phi) is 5.65. The molecule has 1 atom stereocenters. The molecule has 0 heterocycles. The molecule has 0 aliphatic heterocycles. The lowest BCUT2D eigenvalue weighted by molar-refractivity contribution is 0.0940. The van der Waals surface area contributed by atoms with Gasteiger partial charge in [0.05, 0.1) is 10.6 Å². The SMILES string of the molecule is CSCCC(C)NC(=O)c1c(N)cccc1Cl. The highest BCUT2D eigenvalue weighted by atomic mass is 35.5. The number of anilines is 1. The van der Waals surface area contributed by atoms with E-state index >= 15 is 0 Å². The fourth-order valence-electron chi connectivity index (χ4n) is 1.44. The molecule has 1 rings (SSSR count). The second-order valence-corrected chi connectivity index (χ2v) is 5.25. The van der Waals surface area contributed by atoms with Crippen molar-refractivity contribution < 1.29 is 4.79 Å². The Bertz CT molecular complexity index is 378. The number of carbonyl (C=O) groups is 1. The average Bonchev–Trinajstić information content (AvgIpc) is 2.26. The lowest BCUT2D eigenvalue weighted by Crippen LogP contribution is -2.33. The zero-order chi connectivity index (χ0) is 12.8. The van der Waals surface area contributed by atoms with Gasteiger partial charge in [-0.3, -0.25) is 4.79 Å². The summed E-state index contributed by atoms with van der Waals surface area (Å²) in [5.41, 5.74) is 6.52. The first kappa shape index (κ1) is 14.2. The fourth-order valence-corrected chi connectivity index (χ4v) is 2.30. The number of thioether (sulfide) groups is 1. The van der Waals surface area contributed by atoms with Crippen LogP contribution in [-0.2, 0) is 0 Å². The van der Waals surface area contributed by atoms with Crippen LogP contribution >= 0.6 is 23.4 Å². The van der Waals surface area contributed by atoms with Crippen LogP contribution in [0.1, 0.15) is 23.7 Å². The molecule has 1 aromatic rings. The van der Waals surface area contributed by atoms with Crippen LogP contribution in [0.3, 0.4) is 0 Å². The Morgan fingerprint density at radius 1 is 1.59 bits per heavy atom. The van der Waals surface area contributed by atoms with E-state index in [9.17, 15) is 4.79 Å². The van der Waals surface area contributed by atoms with Gasteiger partial charge in [-0.25, -0.2) is 0 Å². The standard InChI is InChI=1S/C12H17ClN2OS/c1-8(6-7-17-2)15-12(16)11-9(13)4-3-5-10(11)14/h3-5,8H,6-7,14H2,1-2H3,(H,15,16). The molecule has 5 heteroatoms. The smallest absolute Gasteiger partial charge is 0.255 e. The summed E-state index contributed by atoms with van der Waals surface area (Å²) in [7, 11) is 0. The fraction of sp³-hybridized carbons (Fsp3) is 0.417. The second-order valence-electron chi connectivity index (χ2n) is 3.86. The molecule has 1 amide bonds. The number of rotatable bonds is 5. The second kappa shape index (κ2) is 6.77. The van der Waals surface area contributed by atoms with E-state index in [1.54, 1.807) is 30.0 Å². The molecule has 0 spiro atoms. The number of hydrogen-bond donors (Lipinski definition) is 2. The summed E-state index contributed by atoms with van der Waals surface area (Å²) in [5.74, 6) is 0.807. The van der Waals surface area contributed by atoms with E-state index in [0.29, 0.717) is 16.3 Å². The van der Waals surface area contributed by atoms with Gasteiger partial charge in [-0.2, -0.15) is 11.8 Å². The minimum atomic E-state index is -0.207. The highest BCUT2D eigenvalue weighted by molar-refractivity contribution is 7.98. The van der Waals surface area contributed by atoms with E-state index in [-0.39, 0.29) is 11.9 Å². The van der Waals surface area contributed by atoms with E-state index in [4.69, 9.17) is 17.3 Å². The van der Waals surface area contributed by atoms with Crippen LogP contribution in [0.2, 0.25) is 5.02 Å². The van der Waals surface area contributed by atoms with Crippen molar-refractivity contribution in [1.82, 2.24) is 5.32 Å². The van der Waals surface area contributed by atoms with Gasteiger partial charge in [-0.05, 0) is 37.5 Å². The van der Waals surface area contributed by atoms with Gasteiger partial charge >= 0.3 is 0 Å². The van der Waals surface area contributed by atoms with E-state index in [1.807, 2.05) is 13.2 Å². The Morgan fingerprint density at radius 2 is 2.29 bits per heavy atom. The number of amides is 1. The van der Waals surface area contributed by atoms with Crippen LogP contribution in [0.25, 0.3) is 0 Å². The lowest BCUT2D eigenvalue weighted by atomic mass is 10.1. The minimum Gasteiger partial charge on any atom is -0.398 e. The maximum Gasteiger partial charge on any atom is 0.255 e. The van der Waals surface area contributed by atoms with Crippen molar-refractivity contribution in [2.24, 2.45) is 0 Å². The number of nitrogens with one attached hydrogen (secondary N) is 1. The number of benzene rings is 1. The third-order valence-corrected chi connectivity index (χ3v) is 3.36. The van der Waals surface area contributed by atoms with Gasteiger partial charge in [0.25, 0.3) is 5.91 Å². The summed E-state index contributed by atoms with van der Waals surface area (Å²) >= 11 is 7.72. The lowest BCUT2D eigenvalue weighted by Gasteiger charge is -2.14. The highest BCUT2D eigenvalue weighted by Crippen LogP contribution is 2.21. The summed E-state index contributed by atoms with van der Waals surface area (Å²) < 4.78 is 0. The monoisotopic (exact) mass is 272 g/mol. The third-order valence-electron chi connectivity index (χ3n) is 2.41. The third kappa shape index (κ3) is 4.13. The number of hydrogen-bond acceptors (Lipinski definition) is 3. The predicted molar refractivity (Wildman–Crippen MR) is 75.8 cm³/mol. The number of nitrogen functional groups attached to an aromatic ring is 1. The topological polar surface area (TPSA) is 55.1 Å². The van der Waals surface area contributed by atoms with Gasteiger partial charge in [-0.15, -0.1) is 0 Å². The zero-order valence-electron chi connectivity index (χ0n) is 10.00. The summed E-state index contributed by atoms with van der Waals surface area (Å²) in [6, 6.07) is 5.18. The van der Waals surface area contributed by atoms with Crippen molar-refractivity contribution in [2.45, 2.75) is 19.4 Å². The van der Waals surface area contributed by atoms with Crippen molar-refractivity contribution in [3.63, 3.8) is 0 Å². The Labute approximate surface area is 111 Å². The van der Waals surface area contributed by atoms with Crippen LogP contribution in [-0.4, -0.2) is 24.0 Å². The van der Waals surface area contributed by atoms with Crippen molar-refractivity contribution in [2.75, 3.05) is 17.7 Å². The summed E-state index contributed by atoms with van der Waals surface area (Å²) in [6.45, 7) is 1.97. The van der Waals surface area contributed by atoms with Gasteiger partial charge in [0.15, 0.2) is 0 Å². The van der Waals surface area contributed by atoms with Crippen molar-refractivity contribution in [3.05, 3.63) is 28.8 Å². The molecule has 0 aliphatic rings. The number of halogens is 1. The van der Waals surface area contributed by atoms with Crippen LogP contribution < -0.4 is 11.1 Å². The van der Waals surface area contributed by atoms with Crippen molar-refractivity contribution in [3.8, 4) is 0 Å². The maximum absolute atomic E-state index is 12.0. The van der Waals surface area contributed by atoms with Crippen molar-refractivity contribution >= 4 is 35.0 Å². The molecule has 1 aromatic carbocycles. The molecule has 1 unspecified atom stereocenters. The van der Waals surface area contributed by atoms with Crippen LogP contribution in [0.4, 0.5) is 5.69 Å². The highest BCUT2D eigenvalue weighted by Gasteiger charge is 2.15. The molecule has 0 saturated heterocycles. The Hall–Kier alpha value is -0.870. The molecule has 0 fully saturated rings. The van der Waals surface area contributed by atoms with Gasteiger partial charge in [0.2, 0.25) is 0 Å². The minimum absolute atomic E-state index is 0.116. The summed E-state index contributed by atoms with van der Waals surface area (Å²) in [6.07, 6.45) is 2.97. The summed E-state index contributed by atoms with van der Waals surface area (Å²) in [5, 5.41) is 3.28. The molecule has 3 N–H and O–H groups in total. The molecular weight excluding hydrogens is 256 g/mol. The van der Waals surface area contributed by atoms with Crippen molar-refractivity contribution in [1.29, 1.82) is 0 Å². The largest absolute Gasteiger partial charge is 0.398 e. The molecule has 0 saturated carbocycles. The van der Waals surface area contributed by atoms with Gasteiger partial charge in [0, 0.05) is 11.7 Å². The molecule has 0 radical (unpaired) electrons. The average molecular weight is 273 g/mol. The molecule has 94 valence electrons. The number of carbonyl (C=O) groups excluding carboxylic acids is 1. The van der Waals surface area contributed by atoms with Gasteiger partial charge < -0.3 is 11.1 Å². The van der Waals surface area contributed by atoms with E-state index < -0.39 is 0 Å². The number of nitrogens with two attached hydrogens (primary N) is 1. The molecule has 3 nitrogen and oxygen atoms in total. The first-order valence-corrected chi connectivity index (χ1v) is 7.17. The molecular formula is C12H17ClN2OS. The Morgan fingerprint density at radius 3 is 2.88 bits per heavy atom.